The maximum Gasteiger partial charge on any atom is 0.573 e. The number of ether oxygens (including phenoxy) is 3. The molecule has 0 fully saturated rings. The molecule has 21 heavy (non-hydrogen) atoms. The summed E-state index contributed by atoms with van der Waals surface area (Å²) in [5, 5.41) is 9.45. The van der Waals surface area contributed by atoms with Crippen LogP contribution in [-0.4, -0.2) is 23.9 Å². The van der Waals surface area contributed by atoms with Gasteiger partial charge in [0.2, 0.25) is 0 Å². The number of alkyl halides is 6. The van der Waals surface area contributed by atoms with E-state index in [2.05, 4.69) is 9.47 Å². The fourth-order valence-electron chi connectivity index (χ4n) is 1.29. The van der Waals surface area contributed by atoms with Gasteiger partial charge in [-0.1, -0.05) is 0 Å². The molecule has 0 aliphatic heterocycles. The van der Waals surface area contributed by atoms with Crippen LogP contribution in [0.4, 0.5) is 26.3 Å². The van der Waals surface area contributed by atoms with Crippen LogP contribution in [0.5, 0.6) is 23.0 Å². The van der Waals surface area contributed by atoms with Crippen molar-refractivity contribution in [3.8, 4) is 23.0 Å². The summed E-state index contributed by atoms with van der Waals surface area (Å²) in [7, 11) is 0. The highest BCUT2D eigenvalue weighted by Gasteiger charge is 2.37. The number of hydrogen-bond acceptors (Lipinski definition) is 4. The zero-order chi connectivity index (χ0) is 16.4. The molecule has 1 aromatic rings. The first-order chi connectivity index (χ1) is 9.37. The molecule has 0 atom stereocenters. The van der Waals surface area contributed by atoms with Crippen molar-refractivity contribution in [2.45, 2.75) is 32.7 Å². The molecule has 0 aliphatic rings. The Morgan fingerprint density at radius 1 is 0.857 bits per heavy atom. The van der Waals surface area contributed by atoms with Crippen molar-refractivity contribution in [2.75, 3.05) is 0 Å². The summed E-state index contributed by atoms with van der Waals surface area (Å²) in [5.74, 6) is -3.92. The van der Waals surface area contributed by atoms with E-state index in [1.54, 1.807) is 0 Å². The van der Waals surface area contributed by atoms with Gasteiger partial charge in [-0.05, 0) is 13.8 Å². The van der Waals surface area contributed by atoms with Crippen LogP contribution < -0.4 is 14.2 Å². The van der Waals surface area contributed by atoms with Crippen LogP contribution in [-0.2, 0) is 0 Å². The van der Waals surface area contributed by atoms with Crippen molar-refractivity contribution >= 4 is 0 Å². The third kappa shape index (κ3) is 5.88. The van der Waals surface area contributed by atoms with Gasteiger partial charge in [0.15, 0.2) is 23.0 Å². The van der Waals surface area contributed by atoms with Gasteiger partial charge in [0, 0.05) is 12.1 Å². The quantitative estimate of drug-likeness (QED) is 0.853. The first-order valence-corrected chi connectivity index (χ1v) is 5.42. The van der Waals surface area contributed by atoms with E-state index in [1.165, 1.54) is 13.8 Å². The Bertz CT molecular complexity index is 495. The Morgan fingerprint density at radius 2 is 1.29 bits per heavy atom. The second-order valence-electron chi connectivity index (χ2n) is 4.03. The minimum Gasteiger partial charge on any atom is -0.504 e. The maximum absolute atomic E-state index is 12.2. The number of rotatable bonds is 4. The Hall–Kier alpha value is -2.00. The maximum atomic E-state index is 12.2. The van der Waals surface area contributed by atoms with E-state index in [0.29, 0.717) is 12.1 Å². The van der Waals surface area contributed by atoms with E-state index in [9.17, 15) is 31.4 Å². The van der Waals surface area contributed by atoms with E-state index in [4.69, 9.17) is 4.74 Å². The summed E-state index contributed by atoms with van der Waals surface area (Å²) in [6.45, 7) is 3.01. The fraction of sp³-hybridized carbons (Fsp3) is 0.455. The van der Waals surface area contributed by atoms with Gasteiger partial charge < -0.3 is 19.3 Å². The van der Waals surface area contributed by atoms with Crippen molar-refractivity contribution in [1.29, 1.82) is 0 Å². The van der Waals surface area contributed by atoms with Gasteiger partial charge in [-0.15, -0.1) is 26.3 Å². The van der Waals surface area contributed by atoms with E-state index in [0.717, 1.165) is 0 Å². The van der Waals surface area contributed by atoms with Crippen molar-refractivity contribution in [2.24, 2.45) is 0 Å². The van der Waals surface area contributed by atoms with Crippen LogP contribution in [0, 0.1) is 0 Å². The number of phenols is 1. The predicted octanol–water partition coefficient (Wildman–Crippen LogP) is 3.98. The molecule has 0 aliphatic carbocycles. The minimum absolute atomic E-state index is 0.326. The van der Waals surface area contributed by atoms with Gasteiger partial charge in [-0.3, -0.25) is 0 Å². The Kier molecular flexibility index (Phi) is 4.69. The van der Waals surface area contributed by atoms with E-state index in [1.807, 2.05) is 0 Å². The summed E-state index contributed by atoms with van der Waals surface area (Å²) < 4.78 is 84.7. The van der Waals surface area contributed by atoms with Crippen molar-refractivity contribution in [3.05, 3.63) is 12.1 Å². The highest BCUT2D eigenvalue weighted by atomic mass is 19.4. The standard InChI is InChI=1S/C11H10F6O4/c1-5(2)19-7-4-9(21-11(15,16)17)8(3-6(7)18)20-10(12,13)14/h3-5,18H,1-2H3. The molecule has 1 aromatic carbocycles. The minimum atomic E-state index is -5.25. The topological polar surface area (TPSA) is 47.9 Å². The van der Waals surface area contributed by atoms with Crippen molar-refractivity contribution in [3.63, 3.8) is 0 Å². The number of benzene rings is 1. The first-order valence-electron chi connectivity index (χ1n) is 5.42. The van der Waals surface area contributed by atoms with E-state index < -0.39 is 41.8 Å². The van der Waals surface area contributed by atoms with E-state index in [-0.39, 0.29) is 0 Å². The molecular formula is C11H10F6O4. The number of hydrogen-bond donors (Lipinski definition) is 1. The first kappa shape index (κ1) is 17.1. The molecule has 0 radical (unpaired) electrons. The number of phenolic OH excluding ortho intramolecular Hbond substituents is 1. The smallest absolute Gasteiger partial charge is 0.504 e. The summed E-state index contributed by atoms with van der Waals surface area (Å²) >= 11 is 0. The van der Waals surface area contributed by atoms with Crippen LogP contribution in [0.15, 0.2) is 12.1 Å². The summed E-state index contributed by atoms with van der Waals surface area (Å²) in [5.41, 5.74) is 0. The largest absolute Gasteiger partial charge is 0.573 e. The number of aromatic hydroxyl groups is 1. The molecule has 0 aromatic heterocycles. The normalized spacial score (nSPS) is 12.4. The molecular weight excluding hydrogens is 310 g/mol. The lowest BCUT2D eigenvalue weighted by molar-refractivity contribution is -0.287. The highest BCUT2D eigenvalue weighted by molar-refractivity contribution is 5.53. The molecule has 0 spiro atoms. The summed E-state index contributed by atoms with van der Waals surface area (Å²) in [6, 6.07) is 0.788. The molecule has 1 rings (SSSR count). The second kappa shape index (κ2) is 5.78. The molecule has 10 heteroatoms. The molecule has 120 valence electrons. The zero-order valence-corrected chi connectivity index (χ0v) is 10.7. The fourth-order valence-corrected chi connectivity index (χ4v) is 1.29. The predicted molar refractivity (Wildman–Crippen MR) is 57.2 cm³/mol. The summed E-state index contributed by atoms with van der Waals surface area (Å²) in [6.07, 6.45) is -11.0. The van der Waals surface area contributed by atoms with Crippen LogP contribution in [0.1, 0.15) is 13.8 Å². The molecule has 0 bridgehead atoms. The van der Waals surface area contributed by atoms with Crippen LogP contribution in [0.25, 0.3) is 0 Å². The van der Waals surface area contributed by atoms with Crippen LogP contribution in [0.3, 0.4) is 0 Å². The average molecular weight is 320 g/mol. The highest BCUT2D eigenvalue weighted by Crippen LogP contribution is 2.43. The molecule has 0 amide bonds. The lowest BCUT2D eigenvalue weighted by Crippen LogP contribution is -2.21. The van der Waals surface area contributed by atoms with Crippen LogP contribution in [0.2, 0.25) is 0 Å². The third-order valence-electron chi connectivity index (χ3n) is 1.84. The zero-order valence-electron chi connectivity index (χ0n) is 10.7. The average Bonchev–Trinajstić information content (AvgIpc) is 2.19. The molecule has 1 N–H and O–H groups in total. The molecule has 0 saturated carbocycles. The van der Waals surface area contributed by atoms with Gasteiger partial charge in [0.1, 0.15) is 0 Å². The van der Waals surface area contributed by atoms with Crippen molar-refractivity contribution in [1.82, 2.24) is 0 Å². The molecule has 4 nitrogen and oxygen atoms in total. The van der Waals surface area contributed by atoms with Crippen LogP contribution >= 0.6 is 0 Å². The third-order valence-corrected chi connectivity index (χ3v) is 1.84. The second-order valence-corrected chi connectivity index (χ2v) is 4.03. The van der Waals surface area contributed by atoms with Gasteiger partial charge in [0.25, 0.3) is 0 Å². The van der Waals surface area contributed by atoms with Gasteiger partial charge in [0.05, 0.1) is 6.10 Å². The SMILES string of the molecule is CC(C)Oc1cc(OC(F)(F)F)c(OC(F)(F)F)cc1O. The van der Waals surface area contributed by atoms with Gasteiger partial charge >= 0.3 is 12.7 Å². The van der Waals surface area contributed by atoms with E-state index >= 15 is 0 Å². The lowest BCUT2D eigenvalue weighted by Gasteiger charge is -2.18. The van der Waals surface area contributed by atoms with Gasteiger partial charge in [-0.2, -0.15) is 0 Å². The summed E-state index contributed by atoms with van der Waals surface area (Å²) in [4.78, 5) is 0. The Balaban J connectivity index is 3.24. The molecule has 0 heterocycles. The lowest BCUT2D eigenvalue weighted by atomic mass is 10.2. The monoisotopic (exact) mass is 320 g/mol. The van der Waals surface area contributed by atoms with Gasteiger partial charge in [-0.25, -0.2) is 0 Å². The molecule has 0 saturated heterocycles. The number of halogens is 6. The Labute approximate surface area is 114 Å². The molecule has 0 unspecified atom stereocenters. The van der Waals surface area contributed by atoms with Crippen molar-refractivity contribution < 1.29 is 45.7 Å². The Morgan fingerprint density at radius 3 is 1.67 bits per heavy atom.